The largest absolute Gasteiger partial charge is 0.504 e. The van der Waals surface area contributed by atoms with E-state index >= 15 is 0 Å². The molecule has 0 bridgehead atoms. The number of aromatic nitrogens is 2. The molecule has 4 heteroatoms. The lowest BCUT2D eigenvalue weighted by atomic mass is 10.0. The number of hydrogen-bond acceptors (Lipinski definition) is 4. The lowest BCUT2D eigenvalue weighted by Crippen LogP contribution is -1.94. The summed E-state index contributed by atoms with van der Waals surface area (Å²) in [5.74, 6) is 0.586. The van der Waals surface area contributed by atoms with Crippen molar-refractivity contribution in [3.8, 4) is 11.5 Å². The molecule has 0 amide bonds. The number of nitrogens with zero attached hydrogens (tertiary/aromatic N) is 2. The molecular formula is C21H20N2O2. The van der Waals surface area contributed by atoms with Gasteiger partial charge in [-0.1, -0.05) is 25.6 Å². The maximum absolute atomic E-state index is 10.1. The Labute approximate surface area is 146 Å². The number of para-hydroxylation sites is 1. The lowest BCUT2D eigenvalue weighted by Gasteiger charge is -2.10. The Morgan fingerprint density at radius 2 is 1.84 bits per heavy atom. The van der Waals surface area contributed by atoms with Crippen LogP contribution in [0.3, 0.4) is 0 Å². The molecule has 4 rings (SSSR count). The Hall–Kier alpha value is -3.14. The van der Waals surface area contributed by atoms with E-state index < -0.39 is 0 Å². The number of ether oxygens (including phenoxy) is 1. The number of methoxy groups -OCH3 is 1. The highest BCUT2D eigenvalue weighted by Gasteiger charge is 2.09. The van der Waals surface area contributed by atoms with Gasteiger partial charge in [-0.05, 0) is 40.8 Å². The summed E-state index contributed by atoms with van der Waals surface area (Å²) in [4.78, 5) is 8.83. The number of benzene rings is 2. The van der Waals surface area contributed by atoms with Crippen molar-refractivity contribution in [3.05, 3.63) is 72.2 Å². The van der Waals surface area contributed by atoms with Crippen LogP contribution in [0.2, 0.25) is 0 Å². The molecule has 2 aromatic carbocycles. The van der Waals surface area contributed by atoms with Crippen LogP contribution in [0.1, 0.15) is 18.6 Å². The molecule has 0 aliphatic carbocycles. The van der Waals surface area contributed by atoms with E-state index in [1.165, 1.54) is 0 Å². The highest BCUT2D eigenvalue weighted by atomic mass is 16.5. The molecule has 0 spiro atoms. The fourth-order valence-corrected chi connectivity index (χ4v) is 2.98. The number of phenolic OH excluding ortho intramolecular Hbond substituents is 1. The second kappa shape index (κ2) is 6.77. The summed E-state index contributed by atoms with van der Waals surface area (Å²) in [6.45, 7) is 0. The van der Waals surface area contributed by atoms with Gasteiger partial charge in [-0.15, -0.1) is 0 Å². The molecule has 25 heavy (non-hydrogen) atoms. The van der Waals surface area contributed by atoms with Gasteiger partial charge in [0, 0.05) is 35.8 Å². The van der Waals surface area contributed by atoms with Crippen LogP contribution in [0.5, 0.6) is 11.5 Å². The summed E-state index contributed by atoms with van der Waals surface area (Å²) in [5, 5.41) is 13.1. The molecule has 0 fully saturated rings. The van der Waals surface area contributed by atoms with E-state index in [0.717, 1.165) is 32.8 Å². The van der Waals surface area contributed by atoms with E-state index in [0.29, 0.717) is 12.2 Å². The van der Waals surface area contributed by atoms with Crippen molar-refractivity contribution in [1.82, 2.24) is 9.97 Å². The van der Waals surface area contributed by atoms with Crippen molar-refractivity contribution in [2.45, 2.75) is 13.8 Å². The summed E-state index contributed by atoms with van der Waals surface area (Å²) >= 11 is 0. The third-order valence-electron chi connectivity index (χ3n) is 4.18. The van der Waals surface area contributed by atoms with E-state index in [4.69, 9.17) is 4.74 Å². The van der Waals surface area contributed by atoms with Gasteiger partial charge < -0.3 is 9.84 Å². The zero-order valence-corrected chi connectivity index (χ0v) is 13.2. The highest BCUT2D eigenvalue weighted by molar-refractivity contribution is 5.88. The third kappa shape index (κ3) is 3.11. The molecule has 4 nitrogen and oxygen atoms in total. The number of aromatic hydroxyl groups is 1. The Morgan fingerprint density at radius 1 is 1.00 bits per heavy atom. The van der Waals surface area contributed by atoms with Gasteiger partial charge in [0.05, 0.1) is 12.6 Å². The third-order valence-corrected chi connectivity index (χ3v) is 4.18. The van der Waals surface area contributed by atoms with E-state index in [1.807, 2.05) is 30.6 Å². The zero-order valence-electron chi connectivity index (χ0n) is 13.2. The number of rotatable bonds is 3. The van der Waals surface area contributed by atoms with Crippen LogP contribution in [0.4, 0.5) is 0 Å². The van der Waals surface area contributed by atoms with Crippen molar-refractivity contribution < 1.29 is 9.84 Å². The van der Waals surface area contributed by atoms with Crippen LogP contribution < -0.4 is 4.74 Å². The van der Waals surface area contributed by atoms with Crippen LogP contribution in [-0.4, -0.2) is 22.2 Å². The average molecular weight is 332 g/mol. The van der Waals surface area contributed by atoms with Crippen LogP contribution in [0, 0.1) is 0 Å². The first kappa shape index (κ1) is 16.7. The average Bonchev–Trinajstić information content (AvgIpc) is 2.61. The molecule has 1 N–H and O–H groups in total. The predicted molar refractivity (Wildman–Crippen MR) is 101 cm³/mol. The van der Waals surface area contributed by atoms with Crippen molar-refractivity contribution in [2.24, 2.45) is 0 Å². The molecule has 0 saturated heterocycles. The van der Waals surface area contributed by atoms with E-state index in [1.54, 1.807) is 25.4 Å². The van der Waals surface area contributed by atoms with Gasteiger partial charge >= 0.3 is 0 Å². The quantitative estimate of drug-likeness (QED) is 0.589. The van der Waals surface area contributed by atoms with Crippen molar-refractivity contribution in [2.75, 3.05) is 7.11 Å². The molecule has 0 aliphatic heterocycles. The van der Waals surface area contributed by atoms with Crippen LogP contribution in [0.15, 0.2) is 61.1 Å². The number of phenols is 1. The minimum absolute atomic E-state index is 0. The molecule has 2 aromatic heterocycles. The van der Waals surface area contributed by atoms with E-state index in [9.17, 15) is 5.11 Å². The molecule has 126 valence electrons. The number of hydrogen-bond donors (Lipinski definition) is 1. The molecule has 0 unspecified atom stereocenters. The molecule has 0 aliphatic rings. The van der Waals surface area contributed by atoms with Crippen molar-refractivity contribution in [3.63, 3.8) is 0 Å². The van der Waals surface area contributed by atoms with Crippen LogP contribution >= 0.6 is 0 Å². The zero-order chi connectivity index (χ0) is 16.5. The van der Waals surface area contributed by atoms with Crippen molar-refractivity contribution in [1.29, 1.82) is 0 Å². The maximum Gasteiger partial charge on any atom is 0.161 e. The molecule has 0 saturated carbocycles. The van der Waals surface area contributed by atoms with Gasteiger partial charge in [0.25, 0.3) is 0 Å². The summed E-state index contributed by atoms with van der Waals surface area (Å²) < 4.78 is 5.17. The van der Waals surface area contributed by atoms with Gasteiger partial charge in [0.2, 0.25) is 0 Å². The fraction of sp³-hybridized carbons (Fsp3) is 0.143. The molecule has 4 aromatic rings. The molecule has 0 atom stereocenters. The predicted octanol–water partition coefficient (Wildman–Crippen LogP) is 4.72. The van der Waals surface area contributed by atoms with E-state index in [-0.39, 0.29) is 13.2 Å². The molecule has 2 heterocycles. The topological polar surface area (TPSA) is 55.2 Å². The standard InChI is InChI=1S/C20H16N2O2.CH4/c1-24-20-8-16-12-21-11-15(17(16)9-19(20)23)7-13-6-14-4-2-3-5-18(14)22-10-13;/h2-6,8-12,23H,7H2,1H3;1H4. The summed E-state index contributed by atoms with van der Waals surface area (Å²) in [7, 11) is 1.54. The number of fused-ring (bicyclic) bond motifs is 2. The monoisotopic (exact) mass is 332 g/mol. The minimum atomic E-state index is 0. The van der Waals surface area contributed by atoms with Gasteiger partial charge in [-0.25, -0.2) is 0 Å². The SMILES string of the molecule is C.COc1cc2cncc(Cc3cnc4ccccc4c3)c2cc1O. The normalized spacial score (nSPS) is 10.6. The first-order chi connectivity index (χ1) is 11.7. The minimum Gasteiger partial charge on any atom is -0.504 e. The second-order valence-corrected chi connectivity index (χ2v) is 5.76. The Morgan fingerprint density at radius 3 is 2.68 bits per heavy atom. The first-order valence-corrected chi connectivity index (χ1v) is 7.72. The smallest absolute Gasteiger partial charge is 0.161 e. The van der Waals surface area contributed by atoms with E-state index in [2.05, 4.69) is 22.1 Å². The second-order valence-electron chi connectivity index (χ2n) is 5.76. The van der Waals surface area contributed by atoms with Gasteiger partial charge in [-0.2, -0.15) is 0 Å². The fourth-order valence-electron chi connectivity index (χ4n) is 2.98. The molecular weight excluding hydrogens is 312 g/mol. The maximum atomic E-state index is 10.1. The van der Waals surface area contributed by atoms with Crippen molar-refractivity contribution >= 4 is 21.7 Å². The van der Waals surface area contributed by atoms with Gasteiger partial charge in [-0.3, -0.25) is 9.97 Å². The Balaban J connectivity index is 0.00000182. The summed E-state index contributed by atoms with van der Waals surface area (Å²) in [6, 6.07) is 13.7. The lowest BCUT2D eigenvalue weighted by molar-refractivity contribution is 0.374. The summed E-state index contributed by atoms with van der Waals surface area (Å²) in [6.07, 6.45) is 6.21. The Kier molecular flexibility index (Phi) is 4.52. The van der Waals surface area contributed by atoms with Gasteiger partial charge in [0.15, 0.2) is 11.5 Å². The van der Waals surface area contributed by atoms with Crippen LogP contribution in [0.25, 0.3) is 21.7 Å². The van der Waals surface area contributed by atoms with Gasteiger partial charge in [0.1, 0.15) is 0 Å². The highest BCUT2D eigenvalue weighted by Crippen LogP contribution is 2.33. The Bertz CT molecular complexity index is 1040. The first-order valence-electron chi connectivity index (χ1n) is 7.72. The van der Waals surface area contributed by atoms with Crippen LogP contribution in [-0.2, 0) is 6.42 Å². The summed E-state index contributed by atoms with van der Waals surface area (Å²) in [5.41, 5.74) is 3.14. The molecule has 0 radical (unpaired) electrons. The number of pyridine rings is 2.